The van der Waals surface area contributed by atoms with Gasteiger partial charge in [0.2, 0.25) is 16.3 Å². The Hall–Kier alpha value is -1.03. The third kappa shape index (κ3) is 34.5. The minimum atomic E-state index is -4.41. The zero-order valence-corrected chi connectivity index (χ0v) is 35.5. The molecule has 1 heterocycles. The molecule has 1 atom stereocenters. The highest BCUT2D eigenvalue weighted by atomic mass is 32.3. The molecule has 0 saturated heterocycles. The van der Waals surface area contributed by atoms with Crippen LogP contribution >= 0.6 is 0 Å². The average Bonchev–Trinajstić information content (AvgIpc) is 3.44. The summed E-state index contributed by atoms with van der Waals surface area (Å²) in [4.78, 5) is 16.1. The Kier molecular flexibility index (Phi) is 32.9. The van der Waals surface area contributed by atoms with Gasteiger partial charge in [-0.2, -0.15) is 4.99 Å². The maximum atomic E-state index is 12.4. The van der Waals surface area contributed by atoms with Crippen molar-refractivity contribution in [2.45, 2.75) is 207 Å². The Labute approximate surface area is 317 Å². The van der Waals surface area contributed by atoms with E-state index in [-0.39, 0.29) is 5.91 Å². The van der Waals surface area contributed by atoms with Crippen molar-refractivity contribution >= 4 is 22.1 Å². The summed E-state index contributed by atoms with van der Waals surface area (Å²) in [5, 5.41) is 3.23. The van der Waals surface area contributed by atoms with Gasteiger partial charge >= 0.3 is 5.84 Å². The number of quaternary nitrogens is 1. The van der Waals surface area contributed by atoms with Crippen molar-refractivity contribution < 1.29 is 31.4 Å². The van der Waals surface area contributed by atoms with E-state index in [2.05, 4.69) is 49.2 Å². The maximum Gasteiger partial charge on any atom is 0.336 e. The lowest BCUT2D eigenvalue weighted by atomic mass is 10.0. The van der Waals surface area contributed by atoms with Crippen LogP contribution in [0.5, 0.6) is 0 Å². The van der Waals surface area contributed by atoms with Crippen LogP contribution in [0.2, 0.25) is 0 Å². The standard InChI is InChI=1S/C41H81N3O.CH4O4S/c1-38(2)30-26-22-18-14-10-6-8-12-16-20-24-28-32-40-42-34-36-44(40,5)37-35-43-41(45)33-29-25-21-17-13-9-7-11-15-19-23-27-31-39(3)4;1-5-6(2,3)4/h38-39H,6-37H2,1-5H3;1H3,(H,2,3,4)/p+1. The molecule has 304 valence electrons. The van der Waals surface area contributed by atoms with E-state index in [1.807, 2.05) is 0 Å². The molecule has 0 saturated carbocycles. The first-order valence-corrected chi connectivity index (χ1v) is 23.0. The predicted molar refractivity (Wildman–Crippen MR) is 215 cm³/mol. The number of hydrogen-bond acceptors (Lipinski definition) is 5. The topological polar surface area (TPSA) is 110 Å². The summed E-state index contributed by atoms with van der Waals surface area (Å²) in [5.74, 6) is 3.50. The third-order valence-corrected chi connectivity index (χ3v) is 11.0. The zero-order valence-electron chi connectivity index (χ0n) is 34.7. The van der Waals surface area contributed by atoms with Crippen molar-refractivity contribution in [3.63, 3.8) is 0 Å². The predicted octanol–water partition coefficient (Wildman–Crippen LogP) is 9.37. The largest absolute Gasteiger partial charge is 0.726 e. The number of carbonyl (C=O) groups is 1. The lowest BCUT2D eigenvalue weighted by molar-refractivity contribution is -0.816. The molecule has 0 bridgehead atoms. The zero-order chi connectivity index (χ0) is 38.1. The Morgan fingerprint density at radius 2 is 1.04 bits per heavy atom. The molecule has 0 aliphatic carbocycles. The number of hydrogen-bond donors (Lipinski definition) is 2. The molecule has 0 fully saturated rings. The van der Waals surface area contributed by atoms with E-state index < -0.39 is 10.4 Å². The molecule has 9 heteroatoms. The summed E-state index contributed by atoms with van der Waals surface area (Å²) in [6.07, 6.45) is 37.9. The van der Waals surface area contributed by atoms with Gasteiger partial charge in [0.1, 0.15) is 13.1 Å². The lowest BCUT2D eigenvalue weighted by Crippen LogP contribution is -2.72. The second-order valence-electron chi connectivity index (χ2n) is 16.5. The van der Waals surface area contributed by atoms with Crippen molar-refractivity contribution in [2.24, 2.45) is 11.8 Å². The first-order valence-electron chi connectivity index (χ1n) is 21.6. The van der Waals surface area contributed by atoms with Crippen molar-refractivity contribution in [1.29, 1.82) is 0 Å². The summed E-state index contributed by atoms with van der Waals surface area (Å²) in [7, 11) is -1.24. The molecule has 1 rings (SSSR count). The number of carbonyl (C=O) groups excluding carboxylic acids is 1. The van der Waals surface area contributed by atoms with E-state index in [4.69, 9.17) is 0 Å². The lowest BCUT2D eigenvalue weighted by Gasteiger charge is -2.26. The smallest absolute Gasteiger partial charge is 0.336 e. The molecule has 0 aromatic rings. The molecule has 1 unspecified atom stereocenters. The van der Waals surface area contributed by atoms with Crippen LogP contribution in [0.3, 0.4) is 0 Å². The molecule has 0 aromatic heterocycles. The molecule has 1 aliphatic heterocycles. The van der Waals surface area contributed by atoms with Crippen molar-refractivity contribution in [2.75, 3.05) is 40.3 Å². The highest BCUT2D eigenvalue weighted by molar-refractivity contribution is 7.80. The molecular formula is C42H86N3O5S+. The van der Waals surface area contributed by atoms with Crippen molar-refractivity contribution in [3.05, 3.63) is 0 Å². The Balaban J connectivity index is 0.00000381. The molecular weight excluding hydrogens is 659 g/mol. The summed E-state index contributed by atoms with van der Waals surface area (Å²) >= 11 is 0. The molecule has 1 amide bonds. The Morgan fingerprint density at radius 3 is 1.41 bits per heavy atom. The van der Waals surface area contributed by atoms with Crippen molar-refractivity contribution in [1.82, 2.24) is 5.32 Å². The van der Waals surface area contributed by atoms with E-state index in [9.17, 15) is 17.8 Å². The van der Waals surface area contributed by atoms with Gasteiger partial charge in [-0.25, -0.2) is 12.9 Å². The number of nitrogens with zero attached hydrogens (tertiary/aromatic N) is 1. The van der Waals surface area contributed by atoms with E-state index in [1.54, 1.807) is 0 Å². The van der Waals surface area contributed by atoms with Gasteiger partial charge in [0.15, 0.2) is 6.54 Å². The van der Waals surface area contributed by atoms with Crippen LogP contribution in [-0.4, -0.2) is 69.5 Å². The molecule has 0 radical (unpaired) electrons. The quantitative estimate of drug-likeness (QED) is 0.0296. The Morgan fingerprint density at radius 1 is 0.686 bits per heavy atom. The number of rotatable bonds is 34. The Bertz CT molecular complexity index is 941. The second-order valence-corrected chi connectivity index (χ2v) is 17.6. The number of likely N-dealkylation sites (N-methyl/N-ethyl adjacent to an activating group) is 1. The van der Waals surface area contributed by atoms with E-state index >= 15 is 0 Å². The number of amidine groups is 1. The second kappa shape index (κ2) is 33.5. The van der Waals surface area contributed by atoms with E-state index in [1.165, 1.54) is 173 Å². The first kappa shape index (κ1) is 50.0. The van der Waals surface area contributed by atoms with Gasteiger partial charge in [-0.15, -0.1) is 0 Å². The van der Waals surface area contributed by atoms with Crippen LogP contribution in [0.25, 0.3) is 0 Å². The fourth-order valence-corrected chi connectivity index (χ4v) is 7.13. The highest BCUT2D eigenvalue weighted by Gasteiger charge is 2.38. The van der Waals surface area contributed by atoms with Gasteiger partial charge in [0.05, 0.1) is 27.1 Å². The molecule has 51 heavy (non-hydrogen) atoms. The molecule has 8 nitrogen and oxygen atoms in total. The van der Waals surface area contributed by atoms with Gasteiger partial charge in [-0.3, -0.25) is 8.98 Å². The van der Waals surface area contributed by atoms with Crippen LogP contribution < -0.4 is 10.3 Å². The minimum absolute atomic E-state index is 0.255. The van der Waals surface area contributed by atoms with Gasteiger partial charge in [0, 0.05) is 6.42 Å². The molecule has 0 aromatic carbocycles. The van der Waals surface area contributed by atoms with Gasteiger partial charge in [-0.1, -0.05) is 182 Å². The molecule has 2 N–H and O–H groups in total. The van der Waals surface area contributed by atoms with Crippen LogP contribution in [-0.2, 0) is 19.4 Å². The summed E-state index contributed by atoms with van der Waals surface area (Å²) < 4.78 is 32.0. The molecule has 0 spiro atoms. The minimum Gasteiger partial charge on any atom is -0.726 e. The number of nitrogens with one attached hydrogen (secondary N) is 2. The van der Waals surface area contributed by atoms with Crippen LogP contribution in [0.4, 0.5) is 0 Å². The average molecular weight is 745 g/mol. The number of amides is 1. The van der Waals surface area contributed by atoms with Gasteiger partial charge < -0.3 is 9.87 Å². The molecule has 1 aliphatic rings. The van der Waals surface area contributed by atoms with Crippen LogP contribution in [0, 0.1) is 11.8 Å². The normalized spacial score (nSPS) is 16.1. The summed E-state index contributed by atoms with van der Waals surface area (Å²) in [6.45, 7) is 13.4. The maximum absolute atomic E-state index is 12.4. The fourth-order valence-electron chi connectivity index (χ4n) is 7.13. The van der Waals surface area contributed by atoms with Crippen molar-refractivity contribution in [3.8, 4) is 0 Å². The highest BCUT2D eigenvalue weighted by Crippen LogP contribution is 2.17. The third-order valence-electron chi connectivity index (χ3n) is 10.6. The van der Waals surface area contributed by atoms with Crippen LogP contribution in [0.1, 0.15) is 207 Å². The first-order chi connectivity index (χ1) is 24.4. The summed E-state index contributed by atoms with van der Waals surface area (Å²) in [5.41, 5.74) is 0. The fraction of sp³-hybridized carbons (Fsp3) is 0.952. The van der Waals surface area contributed by atoms with E-state index in [0.717, 1.165) is 56.0 Å². The monoisotopic (exact) mass is 745 g/mol. The van der Waals surface area contributed by atoms with Gasteiger partial charge in [-0.05, 0) is 24.7 Å². The van der Waals surface area contributed by atoms with E-state index in [0.29, 0.717) is 6.42 Å². The SMILES string of the molecule is CC(C)CCCCCCCCCCCCCCC(=O)NCC[N+]1(C)CC[NH+]=C1CCCCCCCCCCCCCCC(C)C.COS(=O)(=O)[O-]. The summed E-state index contributed by atoms with van der Waals surface area (Å²) in [6, 6.07) is 0. The van der Waals surface area contributed by atoms with Crippen LogP contribution in [0.15, 0.2) is 0 Å². The number of unbranched alkanes of at least 4 members (excludes halogenated alkanes) is 22. The van der Waals surface area contributed by atoms with Gasteiger partial charge in [0.25, 0.3) is 0 Å².